The standard InChI is InChI=1S/C15H16N4O4S/c1-24(22,23)19-6-2-3-12(19)14-13(17-4-5-18-14)10-7-11(15(20)21)9-16-8-10/h4-5,7-9,12H,2-3,6H2,1H3,(H,20,21). The van der Waals surface area contributed by atoms with Crippen LogP contribution in [-0.2, 0) is 10.0 Å². The van der Waals surface area contributed by atoms with Crippen molar-refractivity contribution in [2.75, 3.05) is 12.8 Å². The molecule has 1 saturated heterocycles. The summed E-state index contributed by atoms with van der Waals surface area (Å²) < 4.78 is 25.4. The van der Waals surface area contributed by atoms with Crippen molar-refractivity contribution >= 4 is 16.0 Å². The zero-order valence-corrected chi connectivity index (χ0v) is 13.8. The number of aromatic nitrogens is 3. The summed E-state index contributed by atoms with van der Waals surface area (Å²) in [7, 11) is -3.36. The molecule has 1 N–H and O–H groups in total. The minimum atomic E-state index is -3.36. The van der Waals surface area contributed by atoms with Gasteiger partial charge in [-0.25, -0.2) is 13.2 Å². The highest BCUT2D eigenvalue weighted by molar-refractivity contribution is 7.88. The van der Waals surface area contributed by atoms with Crippen molar-refractivity contribution in [1.29, 1.82) is 0 Å². The second-order valence-corrected chi connectivity index (χ2v) is 7.52. The molecule has 2 aromatic rings. The van der Waals surface area contributed by atoms with E-state index in [-0.39, 0.29) is 5.56 Å². The third kappa shape index (κ3) is 3.13. The van der Waals surface area contributed by atoms with Gasteiger partial charge in [0.1, 0.15) is 0 Å². The lowest BCUT2D eigenvalue weighted by Crippen LogP contribution is -2.30. The number of hydrogen-bond donors (Lipinski definition) is 1. The number of carboxylic acids is 1. The Hall–Kier alpha value is -2.39. The molecule has 1 unspecified atom stereocenters. The van der Waals surface area contributed by atoms with Crippen LogP contribution in [0.1, 0.15) is 34.9 Å². The van der Waals surface area contributed by atoms with Gasteiger partial charge in [-0.2, -0.15) is 4.31 Å². The number of aromatic carboxylic acids is 1. The van der Waals surface area contributed by atoms with E-state index in [4.69, 9.17) is 5.11 Å². The van der Waals surface area contributed by atoms with Crippen LogP contribution < -0.4 is 0 Å². The SMILES string of the molecule is CS(=O)(=O)N1CCCC1c1nccnc1-c1cncc(C(=O)O)c1. The number of rotatable bonds is 4. The van der Waals surface area contributed by atoms with E-state index in [1.165, 1.54) is 41.4 Å². The van der Waals surface area contributed by atoms with E-state index in [9.17, 15) is 13.2 Å². The molecule has 3 rings (SSSR count). The molecule has 0 aromatic carbocycles. The second-order valence-electron chi connectivity index (χ2n) is 5.59. The minimum absolute atomic E-state index is 0.0375. The molecule has 3 heterocycles. The number of sulfonamides is 1. The monoisotopic (exact) mass is 348 g/mol. The molecule has 0 radical (unpaired) electrons. The topological polar surface area (TPSA) is 113 Å². The van der Waals surface area contributed by atoms with Crippen LogP contribution in [0.4, 0.5) is 0 Å². The Kier molecular flexibility index (Phi) is 4.29. The molecule has 1 atom stereocenters. The fourth-order valence-electron chi connectivity index (χ4n) is 2.91. The largest absolute Gasteiger partial charge is 0.478 e. The summed E-state index contributed by atoms with van der Waals surface area (Å²) in [4.78, 5) is 23.7. The summed E-state index contributed by atoms with van der Waals surface area (Å²) in [6, 6.07) is 1.06. The van der Waals surface area contributed by atoms with Gasteiger partial charge in [0, 0.05) is 36.9 Å². The first-order chi connectivity index (χ1) is 11.4. The van der Waals surface area contributed by atoms with Crippen molar-refractivity contribution in [3.05, 3.63) is 42.1 Å². The van der Waals surface area contributed by atoms with Crippen molar-refractivity contribution in [2.24, 2.45) is 0 Å². The van der Waals surface area contributed by atoms with Gasteiger partial charge in [-0.3, -0.25) is 15.0 Å². The highest BCUT2D eigenvalue weighted by atomic mass is 32.2. The lowest BCUT2D eigenvalue weighted by atomic mass is 10.0. The van der Waals surface area contributed by atoms with E-state index in [0.717, 1.165) is 6.42 Å². The average Bonchev–Trinajstić information content (AvgIpc) is 3.05. The number of nitrogens with zero attached hydrogens (tertiary/aromatic N) is 4. The van der Waals surface area contributed by atoms with Gasteiger partial charge >= 0.3 is 5.97 Å². The first-order valence-electron chi connectivity index (χ1n) is 7.34. The Morgan fingerprint density at radius 3 is 2.75 bits per heavy atom. The first-order valence-corrected chi connectivity index (χ1v) is 9.19. The van der Waals surface area contributed by atoms with E-state index in [0.29, 0.717) is 29.9 Å². The van der Waals surface area contributed by atoms with Crippen molar-refractivity contribution in [3.63, 3.8) is 0 Å². The summed E-state index contributed by atoms with van der Waals surface area (Å²) in [5.41, 5.74) is 1.51. The minimum Gasteiger partial charge on any atom is -0.478 e. The molecule has 24 heavy (non-hydrogen) atoms. The van der Waals surface area contributed by atoms with E-state index < -0.39 is 22.0 Å². The first kappa shape index (κ1) is 16.5. The summed E-state index contributed by atoms with van der Waals surface area (Å²) >= 11 is 0. The zero-order valence-electron chi connectivity index (χ0n) is 13.0. The van der Waals surface area contributed by atoms with E-state index in [1.807, 2.05) is 0 Å². The molecule has 0 amide bonds. The normalized spacial score (nSPS) is 18.6. The highest BCUT2D eigenvalue weighted by Gasteiger charge is 2.35. The molecule has 0 saturated carbocycles. The summed E-state index contributed by atoms with van der Waals surface area (Å²) in [6.07, 6.45) is 8.30. The van der Waals surface area contributed by atoms with Gasteiger partial charge in [0.15, 0.2) is 0 Å². The summed E-state index contributed by atoms with van der Waals surface area (Å²) in [5, 5.41) is 9.12. The van der Waals surface area contributed by atoms with Gasteiger partial charge in [0.2, 0.25) is 10.0 Å². The molecular weight excluding hydrogens is 332 g/mol. The van der Waals surface area contributed by atoms with Crippen LogP contribution in [0, 0.1) is 0 Å². The lowest BCUT2D eigenvalue weighted by molar-refractivity contribution is 0.0696. The van der Waals surface area contributed by atoms with Crippen LogP contribution in [0.25, 0.3) is 11.3 Å². The molecule has 8 nitrogen and oxygen atoms in total. The van der Waals surface area contributed by atoms with Gasteiger partial charge in [-0.1, -0.05) is 0 Å². The number of pyridine rings is 1. The van der Waals surface area contributed by atoms with Crippen LogP contribution in [0.2, 0.25) is 0 Å². The Balaban J connectivity index is 2.09. The second kappa shape index (κ2) is 6.25. The van der Waals surface area contributed by atoms with Gasteiger partial charge in [-0.05, 0) is 18.9 Å². The lowest BCUT2D eigenvalue weighted by Gasteiger charge is -2.23. The van der Waals surface area contributed by atoms with Crippen molar-refractivity contribution in [1.82, 2.24) is 19.3 Å². The molecule has 2 aromatic heterocycles. The van der Waals surface area contributed by atoms with E-state index in [2.05, 4.69) is 15.0 Å². The Bertz CT molecular complexity index is 885. The molecular formula is C15H16N4O4S. The van der Waals surface area contributed by atoms with Crippen molar-refractivity contribution < 1.29 is 18.3 Å². The number of carboxylic acid groups (broad SMARTS) is 1. The third-order valence-corrected chi connectivity index (χ3v) is 5.22. The molecule has 0 aliphatic carbocycles. The number of carbonyl (C=O) groups is 1. The quantitative estimate of drug-likeness (QED) is 0.886. The maximum absolute atomic E-state index is 12.0. The average molecular weight is 348 g/mol. The molecule has 0 bridgehead atoms. The van der Waals surface area contributed by atoms with Crippen LogP contribution >= 0.6 is 0 Å². The Labute approximate surface area is 139 Å². The summed E-state index contributed by atoms with van der Waals surface area (Å²) in [6.45, 7) is 0.437. The molecule has 126 valence electrons. The summed E-state index contributed by atoms with van der Waals surface area (Å²) in [5.74, 6) is -1.09. The van der Waals surface area contributed by atoms with Gasteiger partial charge < -0.3 is 5.11 Å². The van der Waals surface area contributed by atoms with E-state index in [1.54, 1.807) is 0 Å². The third-order valence-electron chi connectivity index (χ3n) is 3.93. The molecule has 1 aliphatic heterocycles. The molecule has 1 aliphatic rings. The zero-order chi connectivity index (χ0) is 17.3. The van der Waals surface area contributed by atoms with Crippen molar-refractivity contribution in [2.45, 2.75) is 18.9 Å². The molecule has 1 fully saturated rings. The van der Waals surface area contributed by atoms with Crippen LogP contribution in [-0.4, -0.2) is 51.6 Å². The Morgan fingerprint density at radius 1 is 1.29 bits per heavy atom. The van der Waals surface area contributed by atoms with Crippen LogP contribution in [0.5, 0.6) is 0 Å². The van der Waals surface area contributed by atoms with Gasteiger partial charge in [0.05, 0.1) is 29.2 Å². The van der Waals surface area contributed by atoms with E-state index >= 15 is 0 Å². The van der Waals surface area contributed by atoms with Gasteiger partial charge in [-0.15, -0.1) is 0 Å². The fraction of sp³-hybridized carbons (Fsp3) is 0.333. The predicted octanol–water partition coefficient (Wildman–Crippen LogP) is 1.33. The van der Waals surface area contributed by atoms with Gasteiger partial charge in [0.25, 0.3) is 0 Å². The molecule has 0 spiro atoms. The maximum Gasteiger partial charge on any atom is 0.337 e. The fourth-order valence-corrected chi connectivity index (χ4v) is 4.04. The number of hydrogen-bond acceptors (Lipinski definition) is 6. The molecule has 9 heteroatoms. The Morgan fingerprint density at radius 2 is 2.04 bits per heavy atom. The smallest absolute Gasteiger partial charge is 0.337 e. The highest BCUT2D eigenvalue weighted by Crippen LogP contribution is 2.36. The van der Waals surface area contributed by atoms with Crippen molar-refractivity contribution in [3.8, 4) is 11.3 Å². The van der Waals surface area contributed by atoms with Crippen LogP contribution in [0.15, 0.2) is 30.9 Å². The predicted molar refractivity (Wildman–Crippen MR) is 85.7 cm³/mol. The maximum atomic E-state index is 12.0. The van der Waals surface area contributed by atoms with Crippen LogP contribution in [0.3, 0.4) is 0 Å².